The molecule has 1 aromatic heterocycles. The summed E-state index contributed by atoms with van der Waals surface area (Å²) in [6, 6.07) is 12.2. The summed E-state index contributed by atoms with van der Waals surface area (Å²) >= 11 is 0. The number of hydrogen-bond acceptors (Lipinski definition) is 2. The molecule has 2 aromatic rings. The van der Waals surface area contributed by atoms with Gasteiger partial charge in [0.2, 0.25) is 0 Å². The van der Waals surface area contributed by atoms with E-state index in [9.17, 15) is 0 Å². The van der Waals surface area contributed by atoms with Gasteiger partial charge in [-0.1, -0.05) is 24.3 Å². The molecule has 17 heavy (non-hydrogen) atoms. The smallest absolute Gasteiger partial charge is 0.0574 e. The maximum Gasteiger partial charge on any atom is 0.0574 e. The van der Waals surface area contributed by atoms with E-state index >= 15 is 0 Å². The van der Waals surface area contributed by atoms with Crippen LogP contribution >= 0.6 is 0 Å². The Morgan fingerprint density at radius 3 is 2.35 bits per heavy atom. The van der Waals surface area contributed by atoms with Gasteiger partial charge in [0.1, 0.15) is 0 Å². The standard InChI is InChI=1S/C15H18N2/c1-11-6-5-7-12(2)13(11)10-14(16)15-8-3-4-9-17-15/h3-9,14H,10,16H2,1-2H3. The van der Waals surface area contributed by atoms with Crippen LogP contribution in [0.1, 0.15) is 28.4 Å². The quantitative estimate of drug-likeness (QED) is 0.874. The van der Waals surface area contributed by atoms with Gasteiger partial charge in [0.25, 0.3) is 0 Å². The average molecular weight is 226 g/mol. The molecule has 0 saturated heterocycles. The minimum Gasteiger partial charge on any atom is -0.322 e. The van der Waals surface area contributed by atoms with Crippen LogP contribution in [0.4, 0.5) is 0 Å². The molecule has 1 unspecified atom stereocenters. The van der Waals surface area contributed by atoms with Gasteiger partial charge in [-0.3, -0.25) is 4.98 Å². The van der Waals surface area contributed by atoms with E-state index in [0.717, 1.165) is 12.1 Å². The number of rotatable bonds is 3. The second-order valence-electron chi connectivity index (χ2n) is 4.44. The molecule has 0 aliphatic rings. The fourth-order valence-electron chi connectivity index (χ4n) is 2.09. The molecule has 2 nitrogen and oxygen atoms in total. The molecule has 0 spiro atoms. The Kier molecular flexibility index (Phi) is 3.55. The van der Waals surface area contributed by atoms with Gasteiger partial charge in [-0.25, -0.2) is 0 Å². The zero-order valence-corrected chi connectivity index (χ0v) is 10.4. The van der Waals surface area contributed by atoms with E-state index in [1.165, 1.54) is 16.7 Å². The molecule has 2 rings (SSSR count). The van der Waals surface area contributed by atoms with Crippen molar-refractivity contribution in [3.8, 4) is 0 Å². The van der Waals surface area contributed by atoms with Crippen LogP contribution in [0.2, 0.25) is 0 Å². The Morgan fingerprint density at radius 2 is 1.76 bits per heavy atom. The first-order chi connectivity index (χ1) is 8.18. The average Bonchev–Trinajstić information content (AvgIpc) is 2.35. The number of hydrogen-bond donors (Lipinski definition) is 1. The first-order valence-corrected chi connectivity index (χ1v) is 5.90. The number of benzene rings is 1. The molecule has 0 saturated carbocycles. The number of nitrogens with zero attached hydrogens (tertiary/aromatic N) is 1. The molecule has 88 valence electrons. The van der Waals surface area contributed by atoms with Gasteiger partial charge in [-0.15, -0.1) is 0 Å². The Morgan fingerprint density at radius 1 is 1.06 bits per heavy atom. The SMILES string of the molecule is Cc1cccc(C)c1CC(N)c1ccccn1. The molecule has 0 radical (unpaired) electrons. The van der Waals surface area contributed by atoms with E-state index < -0.39 is 0 Å². The third-order valence-corrected chi connectivity index (χ3v) is 3.14. The van der Waals surface area contributed by atoms with Crippen LogP contribution in [0.25, 0.3) is 0 Å². The second-order valence-corrected chi connectivity index (χ2v) is 4.44. The van der Waals surface area contributed by atoms with Gasteiger partial charge < -0.3 is 5.73 Å². The lowest BCUT2D eigenvalue weighted by molar-refractivity contribution is 0.691. The molecular weight excluding hydrogens is 208 g/mol. The zero-order chi connectivity index (χ0) is 12.3. The Bertz CT molecular complexity index is 471. The minimum absolute atomic E-state index is 0.0315. The molecule has 1 atom stereocenters. The normalized spacial score (nSPS) is 12.4. The van der Waals surface area contributed by atoms with Crippen molar-refractivity contribution in [2.45, 2.75) is 26.3 Å². The van der Waals surface area contributed by atoms with Gasteiger partial charge in [0.05, 0.1) is 11.7 Å². The monoisotopic (exact) mass is 226 g/mol. The van der Waals surface area contributed by atoms with E-state index in [2.05, 4.69) is 37.0 Å². The highest BCUT2D eigenvalue weighted by Gasteiger charge is 2.11. The lowest BCUT2D eigenvalue weighted by Crippen LogP contribution is -2.16. The Balaban J connectivity index is 2.22. The number of aryl methyl sites for hydroxylation is 2. The first kappa shape index (κ1) is 11.8. The van der Waals surface area contributed by atoms with E-state index in [1.54, 1.807) is 6.20 Å². The molecule has 1 heterocycles. The van der Waals surface area contributed by atoms with E-state index in [0.29, 0.717) is 0 Å². The zero-order valence-electron chi connectivity index (χ0n) is 10.4. The molecule has 0 bridgehead atoms. The molecule has 0 aliphatic heterocycles. The fourth-order valence-corrected chi connectivity index (χ4v) is 2.09. The van der Waals surface area contributed by atoms with E-state index in [1.807, 2.05) is 18.2 Å². The summed E-state index contributed by atoms with van der Waals surface area (Å²) in [4.78, 5) is 4.31. The van der Waals surface area contributed by atoms with Gasteiger partial charge >= 0.3 is 0 Å². The third kappa shape index (κ3) is 2.71. The van der Waals surface area contributed by atoms with Crippen LogP contribution in [-0.4, -0.2) is 4.98 Å². The summed E-state index contributed by atoms with van der Waals surface area (Å²) in [5, 5.41) is 0. The molecule has 0 fully saturated rings. The van der Waals surface area contributed by atoms with Crippen LogP contribution in [0, 0.1) is 13.8 Å². The predicted octanol–water partition coefficient (Wildman–Crippen LogP) is 2.94. The van der Waals surface area contributed by atoms with Gasteiger partial charge in [-0.05, 0) is 49.1 Å². The number of nitrogens with two attached hydrogens (primary N) is 1. The first-order valence-electron chi connectivity index (χ1n) is 5.90. The summed E-state index contributed by atoms with van der Waals surface area (Å²) in [6.07, 6.45) is 2.63. The summed E-state index contributed by atoms with van der Waals surface area (Å²) < 4.78 is 0. The van der Waals surface area contributed by atoms with Crippen molar-refractivity contribution in [1.82, 2.24) is 4.98 Å². The van der Waals surface area contributed by atoms with Crippen LogP contribution in [0.5, 0.6) is 0 Å². The molecule has 2 heteroatoms. The van der Waals surface area contributed by atoms with Crippen molar-refractivity contribution < 1.29 is 0 Å². The van der Waals surface area contributed by atoms with Gasteiger partial charge in [0, 0.05) is 6.20 Å². The minimum atomic E-state index is -0.0315. The van der Waals surface area contributed by atoms with Crippen molar-refractivity contribution in [3.05, 3.63) is 65.0 Å². The van der Waals surface area contributed by atoms with Crippen LogP contribution < -0.4 is 5.73 Å². The summed E-state index contributed by atoms with van der Waals surface area (Å²) in [6.45, 7) is 4.26. The summed E-state index contributed by atoms with van der Waals surface area (Å²) in [5.41, 5.74) is 11.1. The van der Waals surface area contributed by atoms with E-state index in [4.69, 9.17) is 5.73 Å². The number of aromatic nitrogens is 1. The van der Waals surface area contributed by atoms with Crippen molar-refractivity contribution in [2.24, 2.45) is 5.73 Å². The van der Waals surface area contributed by atoms with Crippen LogP contribution in [0.15, 0.2) is 42.6 Å². The molecule has 2 N–H and O–H groups in total. The van der Waals surface area contributed by atoms with Gasteiger partial charge in [-0.2, -0.15) is 0 Å². The second kappa shape index (κ2) is 5.11. The highest BCUT2D eigenvalue weighted by molar-refractivity contribution is 5.34. The van der Waals surface area contributed by atoms with Gasteiger partial charge in [0.15, 0.2) is 0 Å². The molecule has 0 amide bonds. The van der Waals surface area contributed by atoms with Crippen molar-refractivity contribution >= 4 is 0 Å². The predicted molar refractivity (Wildman–Crippen MR) is 70.8 cm³/mol. The maximum atomic E-state index is 6.20. The maximum absolute atomic E-state index is 6.20. The highest BCUT2D eigenvalue weighted by atomic mass is 14.8. The third-order valence-electron chi connectivity index (χ3n) is 3.14. The topological polar surface area (TPSA) is 38.9 Å². The fraction of sp³-hybridized carbons (Fsp3) is 0.267. The lowest BCUT2D eigenvalue weighted by atomic mass is 9.95. The Labute approximate surface area is 103 Å². The largest absolute Gasteiger partial charge is 0.322 e. The molecule has 0 aliphatic carbocycles. The number of pyridine rings is 1. The van der Waals surface area contributed by atoms with Crippen molar-refractivity contribution in [3.63, 3.8) is 0 Å². The van der Waals surface area contributed by atoms with E-state index in [-0.39, 0.29) is 6.04 Å². The van der Waals surface area contributed by atoms with Crippen LogP contribution in [0.3, 0.4) is 0 Å². The van der Waals surface area contributed by atoms with Crippen molar-refractivity contribution in [1.29, 1.82) is 0 Å². The Hall–Kier alpha value is -1.67. The lowest BCUT2D eigenvalue weighted by Gasteiger charge is -2.15. The van der Waals surface area contributed by atoms with Crippen LogP contribution in [-0.2, 0) is 6.42 Å². The summed E-state index contributed by atoms with van der Waals surface area (Å²) in [7, 11) is 0. The van der Waals surface area contributed by atoms with Crippen molar-refractivity contribution in [2.75, 3.05) is 0 Å². The summed E-state index contributed by atoms with van der Waals surface area (Å²) in [5.74, 6) is 0. The molecular formula is C15H18N2. The molecule has 1 aromatic carbocycles. The highest BCUT2D eigenvalue weighted by Crippen LogP contribution is 2.20.